The van der Waals surface area contributed by atoms with Gasteiger partial charge in [0, 0.05) is 17.9 Å². The van der Waals surface area contributed by atoms with Crippen molar-refractivity contribution in [1.29, 1.82) is 0 Å². The highest BCUT2D eigenvalue weighted by Gasteiger charge is 2.66. The number of carbonyl (C=O) groups is 1. The van der Waals surface area contributed by atoms with Gasteiger partial charge in [-0.1, -0.05) is 6.92 Å². The van der Waals surface area contributed by atoms with Gasteiger partial charge >= 0.3 is 0 Å². The zero-order valence-corrected chi connectivity index (χ0v) is 6.42. The van der Waals surface area contributed by atoms with Crippen molar-refractivity contribution in [3.8, 4) is 0 Å². The standard InChI is InChI=1S/C8H13NO/c1-4-6(10)3-5-7(4)8(5,2)9/h4-5,7H,3,9H2,1-2H3. The van der Waals surface area contributed by atoms with E-state index in [1.54, 1.807) is 0 Å². The minimum absolute atomic E-state index is 0.00662. The molecule has 2 nitrogen and oxygen atoms in total. The maximum Gasteiger partial charge on any atom is 0.136 e. The summed E-state index contributed by atoms with van der Waals surface area (Å²) < 4.78 is 0. The van der Waals surface area contributed by atoms with Crippen LogP contribution >= 0.6 is 0 Å². The van der Waals surface area contributed by atoms with Crippen LogP contribution in [0.2, 0.25) is 0 Å². The molecule has 2 aliphatic carbocycles. The number of Topliss-reactive ketones (excluding diaryl/α,β-unsaturated/α-hetero) is 1. The van der Waals surface area contributed by atoms with Crippen LogP contribution in [-0.4, -0.2) is 11.3 Å². The largest absolute Gasteiger partial charge is 0.325 e. The molecule has 2 heteroatoms. The molecule has 0 bridgehead atoms. The van der Waals surface area contributed by atoms with Crippen LogP contribution in [0.15, 0.2) is 0 Å². The van der Waals surface area contributed by atoms with Crippen molar-refractivity contribution in [2.45, 2.75) is 25.8 Å². The molecular formula is C8H13NO. The number of carbonyl (C=O) groups excluding carboxylic acids is 1. The van der Waals surface area contributed by atoms with E-state index < -0.39 is 0 Å². The van der Waals surface area contributed by atoms with E-state index in [2.05, 4.69) is 6.92 Å². The lowest BCUT2D eigenvalue weighted by Crippen LogP contribution is -2.29. The molecule has 4 unspecified atom stereocenters. The molecular weight excluding hydrogens is 126 g/mol. The highest BCUT2D eigenvalue weighted by atomic mass is 16.1. The van der Waals surface area contributed by atoms with Crippen molar-refractivity contribution in [3.05, 3.63) is 0 Å². The van der Waals surface area contributed by atoms with Gasteiger partial charge in [0.15, 0.2) is 0 Å². The zero-order chi connectivity index (χ0) is 7.52. The number of hydrogen-bond acceptors (Lipinski definition) is 2. The average Bonchev–Trinajstić information content (AvgIpc) is 2.12. The predicted octanol–water partition coefficient (Wildman–Crippen LogP) is 0.559. The molecule has 0 aromatic heterocycles. The first-order chi connectivity index (χ1) is 4.55. The van der Waals surface area contributed by atoms with Gasteiger partial charge in [0.05, 0.1) is 0 Å². The Bertz CT molecular complexity index is 197. The summed E-state index contributed by atoms with van der Waals surface area (Å²) in [4.78, 5) is 11.0. The van der Waals surface area contributed by atoms with Crippen molar-refractivity contribution in [1.82, 2.24) is 0 Å². The molecule has 2 N–H and O–H groups in total. The van der Waals surface area contributed by atoms with Crippen LogP contribution in [0.3, 0.4) is 0 Å². The summed E-state index contributed by atoms with van der Waals surface area (Å²) in [7, 11) is 0. The summed E-state index contributed by atoms with van der Waals surface area (Å²) in [6.45, 7) is 4.07. The van der Waals surface area contributed by atoms with Crippen molar-refractivity contribution in [2.75, 3.05) is 0 Å². The van der Waals surface area contributed by atoms with Crippen LogP contribution < -0.4 is 5.73 Å². The quantitative estimate of drug-likeness (QED) is 0.533. The molecule has 0 aromatic rings. The molecule has 2 rings (SSSR count). The molecule has 10 heavy (non-hydrogen) atoms. The van der Waals surface area contributed by atoms with Gasteiger partial charge in [-0.05, 0) is 18.8 Å². The lowest BCUT2D eigenvalue weighted by molar-refractivity contribution is -0.121. The zero-order valence-electron chi connectivity index (χ0n) is 6.42. The summed E-state index contributed by atoms with van der Waals surface area (Å²) in [5.41, 5.74) is 5.91. The Morgan fingerprint density at radius 2 is 2.30 bits per heavy atom. The van der Waals surface area contributed by atoms with E-state index in [9.17, 15) is 4.79 Å². The van der Waals surface area contributed by atoms with Gasteiger partial charge in [-0.15, -0.1) is 0 Å². The summed E-state index contributed by atoms with van der Waals surface area (Å²) in [6, 6.07) is 0. The molecule has 2 aliphatic rings. The topological polar surface area (TPSA) is 43.1 Å². The molecule has 0 aliphatic heterocycles. The second kappa shape index (κ2) is 1.45. The average molecular weight is 139 g/mol. The molecule has 2 fully saturated rings. The Balaban J connectivity index is 2.21. The number of rotatable bonds is 0. The van der Waals surface area contributed by atoms with E-state index in [0.29, 0.717) is 17.6 Å². The Morgan fingerprint density at radius 3 is 2.60 bits per heavy atom. The molecule has 2 saturated carbocycles. The highest BCUT2D eigenvalue weighted by Crippen LogP contribution is 2.59. The number of fused-ring (bicyclic) bond motifs is 1. The van der Waals surface area contributed by atoms with E-state index >= 15 is 0 Å². The van der Waals surface area contributed by atoms with E-state index in [1.807, 2.05) is 6.92 Å². The number of hydrogen-bond donors (Lipinski definition) is 1. The van der Waals surface area contributed by atoms with Crippen molar-refractivity contribution in [2.24, 2.45) is 23.5 Å². The lowest BCUT2D eigenvalue weighted by atomic mass is 9.98. The second-order valence-electron chi connectivity index (χ2n) is 3.96. The number of nitrogens with two attached hydrogens (primary N) is 1. The molecule has 0 amide bonds. The van der Waals surface area contributed by atoms with Crippen LogP contribution in [0.1, 0.15) is 20.3 Å². The van der Waals surface area contributed by atoms with Crippen molar-refractivity contribution < 1.29 is 4.79 Å². The maximum absolute atomic E-state index is 11.0. The van der Waals surface area contributed by atoms with E-state index in [1.165, 1.54) is 0 Å². The Hall–Kier alpha value is -0.370. The molecule has 0 aromatic carbocycles. The van der Waals surface area contributed by atoms with Gasteiger partial charge in [0.2, 0.25) is 0 Å². The van der Waals surface area contributed by atoms with Gasteiger partial charge < -0.3 is 5.73 Å². The molecule has 56 valence electrons. The Morgan fingerprint density at radius 1 is 1.70 bits per heavy atom. The first-order valence-electron chi connectivity index (χ1n) is 3.86. The van der Waals surface area contributed by atoms with Gasteiger partial charge in [0.1, 0.15) is 5.78 Å². The lowest BCUT2D eigenvalue weighted by Gasteiger charge is -2.11. The molecule has 0 heterocycles. The van der Waals surface area contributed by atoms with Crippen molar-refractivity contribution in [3.63, 3.8) is 0 Å². The smallest absolute Gasteiger partial charge is 0.136 e. The third-order valence-electron chi connectivity index (χ3n) is 3.31. The highest BCUT2D eigenvalue weighted by molar-refractivity contribution is 5.86. The van der Waals surface area contributed by atoms with Crippen molar-refractivity contribution >= 4 is 5.78 Å². The second-order valence-corrected chi connectivity index (χ2v) is 3.96. The van der Waals surface area contributed by atoms with Crippen LogP contribution in [0.5, 0.6) is 0 Å². The van der Waals surface area contributed by atoms with Gasteiger partial charge in [-0.3, -0.25) is 4.79 Å². The number of ketones is 1. The SMILES string of the molecule is CC1C(=O)CC2C1C2(C)N. The molecule has 0 radical (unpaired) electrons. The van der Waals surface area contributed by atoms with Crippen LogP contribution in [-0.2, 0) is 4.79 Å². The van der Waals surface area contributed by atoms with E-state index in [0.717, 1.165) is 6.42 Å². The minimum atomic E-state index is -0.00662. The fraction of sp³-hybridized carbons (Fsp3) is 0.875. The third-order valence-corrected chi connectivity index (χ3v) is 3.31. The fourth-order valence-corrected chi connectivity index (χ4v) is 2.50. The Kier molecular flexibility index (Phi) is 0.919. The van der Waals surface area contributed by atoms with E-state index in [-0.39, 0.29) is 11.5 Å². The first kappa shape index (κ1) is 6.35. The minimum Gasteiger partial charge on any atom is -0.325 e. The van der Waals surface area contributed by atoms with Gasteiger partial charge in [-0.25, -0.2) is 0 Å². The normalized spacial score (nSPS) is 58.7. The predicted molar refractivity (Wildman–Crippen MR) is 38.4 cm³/mol. The van der Waals surface area contributed by atoms with Gasteiger partial charge in [-0.2, -0.15) is 0 Å². The van der Waals surface area contributed by atoms with Crippen LogP contribution in [0.4, 0.5) is 0 Å². The summed E-state index contributed by atoms with van der Waals surface area (Å²) in [5.74, 6) is 1.66. The van der Waals surface area contributed by atoms with Crippen LogP contribution in [0.25, 0.3) is 0 Å². The van der Waals surface area contributed by atoms with Gasteiger partial charge in [0.25, 0.3) is 0 Å². The first-order valence-corrected chi connectivity index (χ1v) is 3.86. The maximum atomic E-state index is 11.0. The summed E-state index contributed by atoms with van der Waals surface area (Å²) >= 11 is 0. The summed E-state index contributed by atoms with van der Waals surface area (Å²) in [6.07, 6.45) is 0.735. The molecule has 0 spiro atoms. The molecule has 4 atom stereocenters. The summed E-state index contributed by atoms with van der Waals surface area (Å²) in [5, 5.41) is 0. The molecule has 0 saturated heterocycles. The Labute approximate surface area is 60.8 Å². The monoisotopic (exact) mass is 139 g/mol. The van der Waals surface area contributed by atoms with E-state index in [4.69, 9.17) is 5.73 Å². The third kappa shape index (κ3) is 0.511. The van der Waals surface area contributed by atoms with Crippen LogP contribution in [0, 0.1) is 17.8 Å². The fourth-order valence-electron chi connectivity index (χ4n) is 2.50.